The normalized spacial score (nSPS) is 14.5. The Labute approximate surface area is 84.2 Å². The molecule has 0 aromatic rings. The highest BCUT2D eigenvalue weighted by molar-refractivity contribution is 5.80. The highest BCUT2D eigenvalue weighted by Gasteiger charge is 2.15. The van der Waals surface area contributed by atoms with Gasteiger partial charge < -0.3 is 16.8 Å². The van der Waals surface area contributed by atoms with Crippen molar-refractivity contribution in [3.05, 3.63) is 0 Å². The standard InChI is InChI=1S/C9H19N3O2/c1-6(3-4-10)9(14)12-7(2)5-8(11)13/h6-7H,3-5,10H2,1-2H3,(H2,11,13)(H,12,14). The molecular formula is C9H19N3O2. The van der Waals surface area contributed by atoms with Crippen LogP contribution >= 0.6 is 0 Å². The SMILES string of the molecule is CC(CC(N)=O)NC(=O)C(C)CCN. The predicted molar refractivity (Wildman–Crippen MR) is 54.3 cm³/mol. The van der Waals surface area contributed by atoms with Crippen molar-refractivity contribution >= 4 is 11.8 Å². The lowest BCUT2D eigenvalue weighted by Gasteiger charge is -2.15. The maximum atomic E-state index is 11.4. The van der Waals surface area contributed by atoms with Crippen molar-refractivity contribution in [2.24, 2.45) is 17.4 Å². The number of rotatable bonds is 6. The maximum Gasteiger partial charge on any atom is 0.223 e. The molecule has 0 radical (unpaired) electrons. The molecule has 2 amide bonds. The van der Waals surface area contributed by atoms with E-state index in [2.05, 4.69) is 5.32 Å². The van der Waals surface area contributed by atoms with Gasteiger partial charge in [0.15, 0.2) is 0 Å². The zero-order valence-electron chi connectivity index (χ0n) is 8.75. The molecule has 82 valence electrons. The van der Waals surface area contributed by atoms with E-state index in [4.69, 9.17) is 11.5 Å². The Hall–Kier alpha value is -1.10. The Morgan fingerprint density at radius 1 is 1.36 bits per heavy atom. The van der Waals surface area contributed by atoms with Gasteiger partial charge in [-0.2, -0.15) is 0 Å². The Morgan fingerprint density at radius 3 is 2.36 bits per heavy atom. The minimum atomic E-state index is -0.413. The van der Waals surface area contributed by atoms with Crippen LogP contribution in [0.3, 0.4) is 0 Å². The summed E-state index contributed by atoms with van der Waals surface area (Å²) in [4.78, 5) is 21.9. The third-order valence-corrected chi connectivity index (χ3v) is 1.94. The molecule has 14 heavy (non-hydrogen) atoms. The van der Waals surface area contributed by atoms with E-state index in [0.29, 0.717) is 13.0 Å². The minimum Gasteiger partial charge on any atom is -0.370 e. The summed E-state index contributed by atoms with van der Waals surface area (Å²) in [5.41, 5.74) is 10.3. The van der Waals surface area contributed by atoms with E-state index in [1.54, 1.807) is 13.8 Å². The van der Waals surface area contributed by atoms with Crippen molar-refractivity contribution in [3.63, 3.8) is 0 Å². The van der Waals surface area contributed by atoms with E-state index in [1.807, 2.05) is 0 Å². The third-order valence-electron chi connectivity index (χ3n) is 1.94. The molecule has 0 aromatic carbocycles. The van der Waals surface area contributed by atoms with Crippen molar-refractivity contribution in [2.75, 3.05) is 6.54 Å². The van der Waals surface area contributed by atoms with Crippen LogP contribution in [0.2, 0.25) is 0 Å². The van der Waals surface area contributed by atoms with Gasteiger partial charge in [-0.1, -0.05) is 6.92 Å². The molecule has 0 saturated carbocycles. The van der Waals surface area contributed by atoms with Gasteiger partial charge >= 0.3 is 0 Å². The highest BCUT2D eigenvalue weighted by Crippen LogP contribution is 2.01. The van der Waals surface area contributed by atoms with Gasteiger partial charge in [0.1, 0.15) is 0 Å². The van der Waals surface area contributed by atoms with Gasteiger partial charge in [-0.15, -0.1) is 0 Å². The van der Waals surface area contributed by atoms with E-state index in [9.17, 15) is 9.59 Å². The first-order chi connectivity index (χ1) is 6.47. The molecule has 0 aromatic heterocycles. The number of hydrogen-bond acceptors (Lipinski definition) is 3. The van der Waals surface area contributed by atoms with Crippen LogP contribution in [0.5, 0.6) is 0 Å². The summed E-state index contributed by atoms with van der Waals surface area (Å²) in [7, 11) is 0. The second-order valence-corrected chi connectivity index (χ2v) is 3.56. The number of carbonyl (C=O) groups is 2. The first-order valence-electron chi connectivity index (χ1n) is 4.76. The molecule has 5 heteroatoms. The van der Waals surface area contributed by atoms with Gasteiger partial charge in [-0.3, -0.25) is 9.59 Å². The van der Waals surface area contributed by atoms with E-state index in [-0.39, 0.29) is 24.3 Å². The average Bonchev–Trinajstić information content (AvgIpc) is 2.02. The minimum absolute atomic E-state index is 0.0794. The lowest BCUT2D eigenvalue weighted by Crippen LogP contribution is -2.39. The fourth-order valence-corrected chi connectivity index (χ4v) is 1.12. The lowest BCUT2D eigenvalue weighted by atomic mass is 10.1. The predicted octanol–water partition coefficient (Wildman–Crippen LogP) is -0.649. The summed E-state index contributed by atoms with van der Waals surface area (Å²) < 4.78 is 0. The molecule has 0 heterocycles. The number of nitrogens with two attached hydrogens (primary N) is 2. The fraction of sp³-hybridized carbons (Fsp3) is 0.778. The maximum absolute atomic E-state index is 11.4. The Kier molecular flexibility index (Phi) is 5.87. The summed E-state index contributed by atoms with van der Waals surface area (Å²) in [5.74, 6) is -0.608. The number of nitrogens with one attached hydrogen (secondary N) is 1. The number of primary amides is 1. The monoisotopic (exact) mass is 201 g/mol. The average molecular weight is 201 g/mol. The van der Waals surface area contributed by atoms with Crippen LogP contribution < -0.4 is 16.8 Å². The van der Waals surface area contributed by atoms with E-state index >= 15 is 0 Å². The second kappa shape index (κ2) is 6.37. The molecule has 0 spiro atoms. The zero-order valence-corrected chi connectivity index (χ0v) is 8.75. The Morgan fingerprint density at radius 2 is 1.93 bits per heavy atom. The van der Waals surface area contributed by atoms with Gasteiger partial charge in [0, 0.05) is 18.4 Å². The van der Waals surface area contributed by atoms with Gasteiger partial charge in [0.25, 0.3) is 0 Å². The number of hydrogen-bond donors (Lipinski definition) is 3. The summed E-state index contributed by atoms with van der Waals surface area (Å²) >= 11 is 0. The van der Waals surface area contributed by atoms with E-state index < -0.39 is 5.91 Å². The van der Waals surface area contributed by atoms with Crippen LogP contribution in [0.15, 0.2) is 0 Å². The first-order valence-corrected chi connectivity index (χ1v) is 4.76. The van der Waals surface area contributed by atoms with Gasteiger partial charge in [0.2, 0.25) is 11.8 Å². The van der Waals surface area contributed by atoms with Gasteiger partial charge in [-0.25, -0.2) is 0 Å². The van der Waals surface area contributed by atoms with E-state index in [0.717, 1.165) is 0 Å². The largest absolute Gasteiger partial charge is 0.370 e. The quantitative estimate of drug-likeness (QED) is 0.532. The lowest BCUT2D eigenvalue weighted by molar-refractivity contribution is -0.125. The molecule has 0 aliphatic rings. The summed E-state index contributed by atoms with van der Waals surface area (Å²) in [6.45, 7) is 4.04. The van der Waals surface area contributed by atoms with Crippen LogP contribution in [0.4, 0.5) is 0 Å². The molecule has 0 fully saturated rings. The van der Waals surface area contributed by atoms with Gasteiger partial charge in [-0.05, 0) is 19.9 Å². The molecule has 5 N–H and O–H groups in total. The highest BCUT2D eigenvalue weighted by atomic mass is 16.2. The molecule has 0 rings (SSSR count). The molecular weight excluding hydrogens is 182 g/mol. The van der Waals surface area contributed by atoms with Crippen LogP contribution in [0.25, 0.3) is 0 Å². The van der Waals surface area contributed by atoms with Crippen LogP contribution in [0, 0.1) is 5.92 Å². The van der Waals surface area contributed by atoms with Crippen molar-refractivity contribution in [1.29, 1.82) is 0 Å². The molecule has 0 bridgehead atoms. The second-order valence-electron chi connectivity index (χ2n) is 3.56. The number of amides is 2. The van der Waals surface area contributed by atoms with Crippen molar-refractivity contribution in [1.82, 2.24) is 5.32 Å². The van der Waals surface area contributed by atoms with Crippen LogP contribution in [-0.4, -0.2) is 24.4 Å². The Balaban J connectivity index is 3.86. The summed E-state index contributed by atoms with van der Waals surface area (Å²) in [6.07, 6.45) is 0.816. The van der Waals surface area contributed by atoms with Crippen molar-refractivity contribution in [3.8, 4) is 0 Å². The Bertz CT molecular complexity index is 206. The smallest absolute Gasteiger partial charge is 0.223 e. The molecule has 0 aliphatic carbocycles. The molecule has 0 aliphatic heterocycles. The molecule has 0 saturated heterocycles. The summed E-state index contributed by atoms with van der Waals surface area (Å²) in [5, 5.41) is 2.70. The fourth-order valence-electron chi connectivity index (χ4n) is 1.12. The summed E-state index contributed by atoms with van der Waals surface area (Å²) in [6, 6.07) is -0.208. The topological polar surface area (TPSA) is 98.2 Å². The van der Waals surface area contributed by atoms with Gasteiger partial charge in [0.05, 0.1) is 0 Å². The first kappa shape index (κ1) is 12.9. The zero-order chi connectivity index (χ0) is 11.1. The van der Waals surface area contributed by atoms with Crippen LogP contribution in [0.1, 0.15) is 26.7 Å². The molecule has 2 atom stereocenters. The van der Waals surface area contributed by atoms with Crippen molar-refractivity contribution < 1.29 is 9.59 Å². The number of carbonyl (C=O) groups excluding carboxylic acids is 2. The third kappa shape index (κ3) is 5.53. The van der Waals surface area contributed by atoms with E-state index in [1.165, 1.54) is 0 Å². The molecule has 5 nitrogen and oxygen atoms in total. The van der Waals surface area contributed by atoms with Crippen molar-refractivity contribution in [2.45, 2.75) is 32.7 Å². The molecule has 2 unspecified atom stereocenters. The van der Waals surface area contributed by atoms with Crippen LogP contribution in [-0.2, 0) is 9.59 Å².